The van der Waals surface area contributed by atoms with Gasteiger partial charge in [0, 0.05) is 5.41 Å². The van der Waals surface area contributed by atoms with Gasteiger partial charge in [-0.25, -0.2) is 4.79 Å². The zero-order chi connectivity index (χ0) is 14.3. The Hall–Kier alpha value is -1.01. The standard InChI is InChI=1S/C17H26O2/c1-6-7-8-12(2)15(18)19-14-11-13-9-10-17(14,5)16(13,3)4/h7,13-14H,6,9-11H2,1-5H3/t8?,13-,14?,17-/m1/s1. The minimum Gasteiger partial charge on any atom is -0.458 e. The van der Waals surface area contributed by atoms with Crippen LogP contribution in [0.5, 0.6) is 0 Å². The maximum absolute atomic E-state index is 12.1. The fourth-order valence-electron chi connectivity index (χ4n) is 3.84. The molecule has 0 aliphatic heterocycles. The van der Waals surface area contributed by atoms with E-state index in [1.807, 2.05) is 13.0 Å². The van der Waals surface area contributed by atoms with E-state index < -0.39 is 0 Å². The summed E-state index contributed by atoms with van der Waals surface area (Å²) in [5, 5.41) is 0. The van der Waals surface area contributed by atoms with Crippen LogP contribution in [-0.4, -0.2) is 12.1 Å². The number of ether oxygens (including phenoxy) is 1. The molecule has 0 amide bonds. The van der Waals surface area contributed by atoms with Crippen LogP contribution in [0.25, 0.3) is 0 Å². The third-order valence-electron chi connectivity index (χ3n) is 5.79. The van der Waals surface area contributed by atoms with Crippen molar-refractivity contribution in [2.45, 2.75) is 66.4 Å². The van der Waals surface area contributed by atoms with Gasteiger partial charge in [-0.3, -0.25) is 0 Å². The molecule has 0 N–H and O–H groups in total. The molecule has 2 fully saturated rings. The monoisotopic (exact) mass is 262 g/mol. The van der Waals surface area contributed by atoms with Crippen LogP contribution < -0.4 is 0 Å². The highest BCUT2D eigenvalue weighted by Crippen LogP contribution is 2.66. The molecule has 2 saturated carbocycles. The Kier molecular flexibility index (Phi) is 3.66. The molecule has 2 bridgehead atoms. The molecule has 2 rings (SSSR count). The summed E-state index contributed by atoms with van der Waals surface area (Å²) in [7, 11) is 0. The summed E-state index contributed by atoms with van der Waals surface area (Å²) in [5.74, 6) is 0.505. The third-order valence-corrected chi connectivity index (χ3v) is 5.79. The van der Waals surface area contributed by atoms with Crippen molar-refractivity contribution in [3.8, 4) is 0 Å². The number of hydrogen-bond acceptors (Lipinski definition) is 2. The number of carbonyl (C=O) groups excluding carboxylic acids is 1. The van der Waals surface area contributed by atoms with Crippen LogP contribution in [0.2, 0.25) is 0 Å². The number of fused-ring (bicyclic) bond motifs is 2. The van der Waals surface area contributed by atoms with Gasteiger partial charge < -0.3 is 4.74 Å². The summed E-state index contributed by atoms with van der Waals surface area (Å²) in [5.41, 5.74) is 4.02. The lowest BCUT2D eigenvalue weighted by molar-refractivity contribution is -0.151. The lowest BCUT2D eigenvalue weighted by atomic mass is 9.70. The van der Waals surface area contributed by atoms with Gasteiger partial charge in [-0.2, -0.15) is 0 Å². The van der Waals surface area contributed by atoms with E-state index in [4.69, 9.17) is 4.74 Å². The van der Waals surface area contributed by atoms with Gasteiger partial charge in [0.05, 0.1) is 5.57 Å². The molecule has 0 aromatic heterocycles. The molecule has 2 aliphatic rings. The fourth-order valence-corrected chi connectivity index (χ4v) is 3.84. The Morgan fingerprint density at radius 3 is 2.58 bits per heavy atom. The van der Waals surface area contributed by atoms with Gasteiger partial charge >= 0.3 is 5.97 Å². The van der Waals surface area contributed by atoms with E-state index in [1.165, 1.54) is 12.8 Å². The molecule has 2 nitrogen and oxygen atoms in total. The Morgan fingerprint density at radius 2 is 2.11 bits per heavy atom. The first-order valence-corrected chi connectivity index (χ1v) is 7.45. The SMILES string of the molecule is CCC=C=C(C)C(=O)OC1C[C@H]2CC[C@@]1(C)C2(C)C. The van der Waals surface area contributed by atoms with E-state index in [1.54, 1.807) is 6.92 Å². The van der Waals surface area contributed by atoms with Crippen LogP contribution in [0, 0.1) is 16.7 Å². The van der Waals surface area contributed by atoms with Crippen LogP contribution in [0.1, 0.15) is 60.3 Å². The highest BCUT2D eigenvalue weighted by Gasteiger charge is 2.62. The molecule has 0 radical (unpaired) electrons. The molecule has 19 heavy (non-hydrogen) atoms. The first-order chi connectivity index (χ1) is 8.83. The quantitative estimate of drug-likeness (QED) is 0.431. The van der Waals surface area contributed by atoms with Gasteiger partial charge in [0.2, 0.25) is 0 Å². The summed E-state index contributed by atoms with van der Waals surface area (Å²) >= 11 is 0. The second-order valence-electron chi connectivity index (χ2n) is 6.89. The molecular formula is C17H26O2. The highest BCUT2D eigenvalue weighted by molar-refractivity contribution is 5.87. The average Bonchev–Trinajstić information content (AvgIpc) is 2.68. The van der Waals surface area contributed by atoms with Crippen LogP contribution in [-0.2, 0) is 9.53 Å². The number of rotatable bonds is 3. The van der Waals surface area contributed by atoms with Crippen molar-refractivity contribution in [1.82, 2.24) is 0 Å². The largest absolute Gasteiger partial charge is 0.458 e. The number of esters is 1. The van der Waals surface area contributed by atoms with Crippen molar-refractivity contribution in [2.75, 3.05) is 0 Å². The van der Waals surface area contributed by atoms with Crippen molar-refractivity contribution in [1.29, 1.82) is 0 Å². The van der Waals surface area contributed by atoms with Crippen molar-refractivity contribution in [2.24, 2.45) is 16.7 Å². The predicted molar refractivity (Wildman–Crippen MR) is 76.7 cm³/mol. The lowest BCUT2D eigenvalue weighted by Crippen LogP contribution is -2.38. The molecular weight excluding hydrogens is 236 g/mol. The molecule has 2 aliphatic carbocycles. The molecule has 1 unspecified atom stereocenters. The van der Waals surface area contributed by atoms with Gasteiger partial charge in [0.15, 0.2) is 0 Å². The van der Waals surface area contributed by atoms with Gasteiger partial charge in [0.1, 0.15) is 6.10 Å². The van der Waals surface area contributed by atoms with Crippen LogP contribution in [0.4, 0.5) is 0 Å². The van der Waals surface area contributed by atoms with Crippen LogP contribution in [0.15, 0.2) is 17.4 Å². The predicted octanol–water partition coefficient (Wildman–Crippen LogP) is 4.26. The minimum absolute atomic E-state index is 0.0760. The second-order valence-corrected chi connectivity index (χ2v) is 6.89. The summed E-state index contributed by atoms with van der Waals surface area (Å²) in [4.78, 5) is 12.1. The van der Waals surface area contributed by atoms with Crippen LogP contribution >= 0.6 is 0 Å². The zero-order valence-corrected chi connectivity index (χ0v) is 12.9. The van der Waals surface area contributed by atoms with E-state index in [2.05, 4.69) is 26.5 Å². The van der Waals surface area contributed by atoms with Gasteiger partial charge in [-0.05, 0) is 50.0 Å². The summed E-state index contributed by atoms with van der Waals surface area (Å²) in [6, 6.07) is 0. The van der Waals surface area contributed by atoms with E-state index in [0.29, 0.717) is 11.5 Å². The normalized spacial score (nSPS) is 34.8. The van der Waals surface area contributed by atoms with E-state index in [-0.39, 0.29) is 22.9 Å². The molecule has 3 atom stereocenters. The van der Waals surface area contributed by atoms with Crippen molar-refractivity contribution in [3.05, 3.63) is 17.4 Å². The van der Waals surface area contributed by atoms with Crippen molar-refractivity contribution in [3.63, 3.8) is 0 Å². The second kappa shape index (κ2) is 4.83. The van der Waals surface area contributed by atoms with E-state index in [9.17, 15) is 4.79 Å². The average molecular weight is 262 g/mol. The molecule has 106 valence electrons. The zero-order valence-electron chi connectivity index (χ0n) is 12.9. The molecule has 2 heteroatoms. The third kappa shape index (κ3) is 2.17. The number of carbonyl (C=O) groups is 1. The van der Waals surface area contributed by atoms with Crippen molar-refractivity contribution < 1.29 is 9.53 Å². The fraction of sp³-hybridized carbons (Fsp3) is 0.765. The maximum atomic E-state index is 12.1. The minimum atomic E-state index is -0.195. The van der Waals surface area contributed by atoms with Crippen LogP contribution in [0.3, 0.4) is 0 Å². The highest BCUT2D eigenvalue weighted by atomic mass is 16.5. The Morgan fingerprint density at radius 1 is 1.42 bits per heavy atom. The maximum Gasteiger partial charge on any atom is 0.341 e. The topological polar surface area (TPSA) is 26.3 Å². The Bertz CT molecular complexity index is 440. The lowest BCUT2D eigenvalue weighted by Gasteiger charge is -2.38. The van der Waals surface area contributed by atoms with Gasteiger partial charge in [0.25, 0.3) is 0 Å². The van der Waals surface area contributed by atoms with E-state index >= 15 is 0 Å². The molecule has 0 spiro atoms. The summed E-state index contributed by atoms with van der Waals surface area (Å²) in [6.45, 7) is 10.8. The first-order valence-electron chi connectivity index (χ1n) is 7.45. The van der Waals surface area contributed by atoms with E-state index in [0.717, 1.165) is 12.8 Å². The molecule has 0 saturated heterocycles. The van der Waals surface area contributed by atoms with Gasteiger partial charge in [-0.1, -0.05) is 27.7 Å². The number of hydrogen-bond donors (Lipinski definition) is 0. The summed E-state index contributed by atoms with van der Waals surface area (Å²) in [6.07, 6.45) is 6.33. The molecule has 0 aromatic carbocycles. The molecule has 0 aromatic rings. The Labute approximate surface area is 116 Å². The molecule has 0 heterocycles. The van der Waals surface area contributed by atoms with Crippen molar-refractivity contribution >= 4 is 5.97 Å². The smallest absolute Gasteiger partial charge is 0.341 e. The van der Waals surface area contributed by atoms with Gasteiger partial charge in [-0.15, -0.1) is 5.73 Å². The summed E-state index contributed by atoms with van der Waals surface area (Å²) < 4.78 is 5.78. The Balaban J connectivity index is 2.11. The first kappa shape index (κ1) is 14.4.